The van der Waals surface area contributed by atoms with E-state index in [9.17, 15) is 0 Å². The highest BCUT2D eigenvalue weighted by Crippen LogP contribution is 2.18. The van der Waals surface area contributed by atoms with Crippen molar-refractivity contribution in [1.29, 1.82) is 0 Å². The van der Waals surface area contributed by atoms with Gasteiger partial charge in [-0.3, -0.25) is 0 Å². The van der Waals surface area contributed by atoms with Crippen LogP contribution in [0.1, 0.15) is 13.3 Å². The van der Waals surface area contributed by atoms with Gasteiger partial charge in [-0.1, -0.05) is 13.0 Å². The van der Waals surface area contributed by atoms with Gasteiger partial charge in [0.2, 0.25) is 0 Å². The average molecular weight is 156 g/mol. The lowest BCUT2D eigenvalue weighted by Crippen LogP contribution is -2.14. The summed E-state index contributed by atoms with van der Waals surface area (Å²) in [7, 11) is 0. The summed E-state index contributed by atoms with van der Waals surface area (Å²) in [6.45, 7) is 8.02. The Morgan fingerprint density at radius 1 is 1.73 bits per heavy atom. The lowest BCUT2D eigenvalue weighted by atomic mass is 10.1. The van der Waals surface area contributed by atoms with E-state index >= 15 is 0 Å². The summed E-state index contributed by atoms with van der Waals surface area (Å²) in [6.07, 6.45) is 3.22. The zero-order valence-corrected chi connectivity index (χ0v) is 7.08. The van der Waals surface area contributed by atoms with Gasteiger partial charge >= 0.3 is 0 Å². The Bertz CT molecular complexity index is 123. The molecule has 1 heterocycles. The molecule has 0 radical (unpaired) electrons. The van der Waals surface area contributed by atoms with Crippen LogP contribution in [0, 0.1) is 5.92 Å². The molecule has 0 amide bonds. The first-order valence-corrected chi connectivity index (χ1v) is 4.13. The monoisotopic (exact) mass is 156 g/mol. The fourth-order valence-corrected chi connectivity index (χ4v) is 1.28. The minimum Gasteiger partial charge on any atom is -0.376 e. The summed E-state index contributed by atoms with van der Waals surface area (Å²) in [4.78, 5) is 0. The molecule has 11 heavy (non-hydrogen) atoms. The molecule has 2 atom stereocenters. The van der Waals surface area contributed by atoms with Crippen molar-refractivity contribution in [3.8, 4) is 0 Å². The highest BCUT2D eigenvalue weighted by molar-refractivity contribution is 4.71. The Morgan fingerprint density at radius 2 is 2.55 bits per heavy atom. The number of hydrogen-bond donors (Lipinski definition) is 0. The molecule has 1 aliphatic rings. The second-order valence-electron chi connectivity index (χ2n) is 3.12. The minimum atomic E-state index is 0.324. The molecule has 0 aliphatic carbocycles. The predicted molar refractivity (Wildman–Crippen MR) is 44.5 cm³/mol. The molecule has 0 aromatic carbocycles. The zero-order valence-electron chi connectivity index (χ0n) is 7.08. The third kappa shape index (κ3) is 3.04. The normalized spacial score (nSPS) is 30.6. The van der Waals surface area contributed by atoms with Gasteiger partial charge in [0, 0.05) is 6.61 Å². The van der Waals surface area contributed by atoms with Gasteiger partial charge in [-0.25, -0.2) is 0 Å². The van der Waals surface area contributed by atoms with Crippen molar-refractivity contribution in [2.45, 2.75) is 19.4 Å². The molecule has 0 spiro atoms. The van der Waals surface area contributed by atoms with Gasteiger partial charge in [-0.05, 0) is 12.3 Å². The van der Waals surface area contributed by atoms with Crippen LogP contribution in [0.5, 0.6) is 0 Å². The lowest BCUT2D eigenvalue weighted by molar-refractivity contribution is 0.0260. The highest BCUT2D eigenvalue weighted by atomic mass is 16.5. The van der Waals surface area contributed by atoms with E-state index in [0.29, 0.717) is 18.6 Å². The summed E-state index contributed by atoms with van der Waals surface area (Å²) in [6, 6.07) is 0. The standard InChI is InChI=1S/C9H16O2/c1-3-4-10-7-9-5-8(2)6-11-9/h3,8-9H,1,4-7H2,2H3/t8-,9+/m0/s1. The molecule has 1 aliphatic heterocycles. The van der Waals surface area contributed by atoms with Gasteiger partial charge in [0.15, 0.2) is 0 Å². The summed E-state index contributed by atoms with van der Waals surface area (Å²) in [5, 5.41) is 0. The second kappa shape index (κ2) is 4.52. The molecule has 0 bridgehead atoms. The third-order valence-electron chi connectivity index (χ3n) is 1.82. The van der Waals surface area contributed by atoms with Crippen molar-refractivity contribution in [3.63, 3.8) is 0 Å². The highest BCUT2D eigenvalue weighted by Gasteiger charge is 2.21. The van der Waals surface area contributed by atoms with E-state index in [2.05, 4.69) is 13.5 Å². The fraction of sp³-hybridized carbons (Fsp3) is 0.778. The Kier molecular flexibility index (Phi) is 3.60. The Morgan fingerprint density at radius 3 is 3.09 bits per heavy atom. The lowest BCUT2D eigenvalue weighted by Gasteiger charge is -2.07. The fourth-order valence-electron chi connectivity index (χ4n) is 1.28. The van der Waals surface area contributed by atoms with Crippen LogP contribution in [-0.2, 0) is 9.47 Å². The molecule has 64 valence electrons. The maximum absolute atomic E-state index is 5.45. The minimum absolute atomic E-state index is 0.324. The summed E-state index contributed by atoms with van der Waals surface area (Å²) in [5.74, 6) is 0.701. The topological polar surface area (TPSA) is 18.5 Å². The molecule has 1 saturated heterocycles. The number of ether oxygens (including phenoxy) is 2. The van der Waals surface area contributed by atoms with Crippen LogP contribution in [0.4, 0.5) is 0 Å². The van der Waals surface area contributed by atoms with E-state index in [1.807, 2.05) is 0 Å². The van der Waals surface area contributed by atoms with E-state index in [1.165, 1.54) is 0 Å². The summed E-state index contributed by atoms with van der Waals surface area (Å²) >= 11 is 0. The molecule has 2 nitrogen and oxygen atoms in total. The van der Waals surface area contributed by atoms with Crippen molar-refractivity contribution in [2.24, 2.45) is 5.92 Å². The molecule has 0 N–H and O–H groups in total. The summed E-state index contributed by atoms with van der Waals surface area (Å²) in [5.41, 5.74) is 0. The van der Waals surface area contributed by atoms with Crippen molar-refractivity contribution in [3.05, 3.63) is 12.7 Å². The van der Waals surface area contributed by atoms with Gasteiger partial charge in [-0.2, -0.15) is 0 Å². The molecule has 0 saturated carbocycles. The van der Waals surface area contributed by atoms with Crippen molar-refractivity contribution in [1.82, 2.24) is 0 Å². The van der Waals surface area contributed by atoms with E-state index in [4.69, 9.17) is 9.47 Å². The van der Waals surface area contributed by atoms with E-state index in [1.54, 1.807) is 6.08 Å². The van der Waals surface area contributed by atoms with Gasteiger partial charge in [-0.15, -0.1) is 6.58 Å². The Labute approximate surface area is 68.2 Å². The first-order valence-electron chi connectivity index (χ1n) is 4.13. The van der Waals surface area contributed by atoms with Gasteiger partial charge in [0.1, 0.15) is 0 Å². The van der Waals surface area contributed by atoms with Gasteiger partial charge in [0.05, 0.1) is 19.3 Å². The molecule has 0 unspecified atom stereocenters. The Hall–Kier alpha value is -0.340. The van der Waals surface area contributed by atoms with Crippen LogP contribution < -0.4 is 0 Å². The Balaban J connectivity index is 2.03. The second-order valence-corrected chi connectivity index (χ2v) is 3.12. The van der Waals surface area contributed by atoms with Crippen LogP contribution in [-0.4, -0.2) is 25.9 Å². The van der Waals surface area contributed by atoms with Crippen molar-refractivity contribution in [2.75, 3.05) is 19.8 Å². The average Bonchev–Trinajstić information content (AvgIpc) is 2.37. The number of rotatable bonds is 4. The van der Waals surface area contributed by atoms with Crippen LogP contribution in [0.15, 0.2) is 12.7 Å². The van der Waals surface area contributed by atoms with E-state index in [-0.39, 0.29) is 0 Å². The van der Waals surface area contributed by atoms with E-state index < -0.39 is 0 Å². The van der Waals surface area contributed by atoms with Crippen molar-refractivity contribution < 1.29 is 9.47 Å². The zero-order chi connectivity index (χ0) is 8.10. The smallest absolute Gasteiger partial charge is 0.0812 e. The molecular formula is C9H16O2. The number of hydrogen-bond acceptors (Lipinski definition) is 2. The quantitative estimate of drug-likeness (QED) is 0.455. The van der Waals surface area contributed by atoms with Crippen LogP contribution in [0.25, 0.3) is 0 Å². The summed E-state index contributed by atoms with van der Waals surface area (Å²) < 4.78 is 10.7. The molecular weight excluding hydrogens is 140 g/mol. The van der Waals surface area contributed by atoms with E-state index in [0.717, 1.165) is 19.6 Å². The largest absolute Gasteiger partial charge is 0.376 e. The molecule has 0 aromatic rings. The molecule has 1 fully saturated rings. The molecule has 2 heteroatoms. The van der Waals surface area contributed by atoms with Crippen molar-refractivity contribution >= 4 is 0 Å². The SMILES string of the molecule is C=CCOC[C@H]1C[C@H](C)CO1. The van der Waals surface area contributed by atoms with Gasteiger partial charge in [0.25, 0.3) is 0 Å². The van der Waals surface area contributed by atoms with Crippen LogP contribution in [0.2, 0.25) is 0 Å². The first kappa shape index (κ1) is 8.75. The third-order valence-corrected chi connectivity index (χ3v) is 1.82. The molecule has 0 aromatic heterocycles. The maximum atomic E-state index is 5.45. The van der Waals surface area contributed by atoms with Gasteiger partial charge < -0.3 is 9.47 Å². The predicted octanol–water partition coefficient (Wildman–Crippen LogP) is 1.61. The van der Waals surface area contributed by atoms with Crippen LogP contribution in [0.3, 0.4) is 0 Å². The van der Waals surface area contributed by atoms with Crippen LogP contribution >= 0.6 is 0 Å². The molecule has 1 rings (SSSR count). The maximum Gasteiger partial charge on any atom is 0.0812 e. The first-order chi connectivity index (χ1) is 5.33.